The van der Waals surface area contributed by atoms with E-state index >= 15 is 0 Å². The average molecular weight is 350 g/mol. The first-order valence-electron chi connectivity index (χ1n) is 9.24. The molecule has 26 heavy (non-hydrogen) atoms. The first-order valence-corrected chi connectivity index (χ1v) is 9.24. The van der Waals surface area contributed by atoms with Crippen LogP contribution in [0, 0.1) is 0 Å². The highest BCUT2D eigenvalue weighted by Gasteiger charge is 2.37. The van der Waals surface area contributed by atoms with Gasteiger partial charge in [-0.3, -0.25) is 9.59 Å². The van der Waals surface area contributed by atoms with E-state index in [2.05, 4.69) is 29.2 Å². The summed E-state index contributed by atoms with van der Waals surface area (Å²) in [7, 11) is 2.03. The van der Waals surface area contributed by atoms with E-state index in [9.17, 15) is 9.59 Å². The fourth-order valence-electron chi connectivity index (χ4n) is 3.96. The maximum atomic E-state index is 12.6. The lowest BCUT2D eigenvalue weighted by molar-refractivity contribution is -0.901. The lowest BCUT2D eigenvalue weighted by Gasteiger charge is -2.24. The summed E-state index contributed by atoms with van der Waals surface area (Å²) in [5.74, 6) is -0.365. The van der Waals surface area contributed by atoms with E-state index in [0.29, 0.717) is 17.8 Å². The summed E-state index contributed by atoms with van der Waals surface area (Å²) in [6, 6.07) is 15.5. The molecular formula is C21H24N3O2+. The number of hydrogen-bond acceptors (Lipinski definition) is 3. The maximum absolute atomic E-state index is 12.6. The molecule has 2 aliphatic heterocycles. The standard InChI is InChI=1S/C21H23N3O2/c1-22(14-16-8-2-5-11-19(16)23-12-6-7-13-23)15-24-20(25)17-9-3-4-10-18(17)21(24)26/h2-5,8-11H,6-7,12-15H2,1H3/p+1. The minimum Gasteiger partial charge on any atom is -0.371 e. The molecule has 0 aliphatic carbocycles. The van der Waals surface area contributed by atoms with Crippen LogP contribution in [-0.4, -0.2) is 43.5 Å². The van der Waals surface area contributed by atoms with Gasteiger partial charge in [-0.2, -0.15) is 0 Å². The first-order chi connectivity index (χ1) is 12.6. The van der Waals surface area contributed by atoms with Crippen molar-refractivity contribution in [1.29, 1.82) is 0 Å². The number of benzene rings is 2. The van der Waals surface area contributed by atoms with Crippen LogP contribution < -0.4 is 9.80 Å². The molecule has 2 aliphatic rings. The van der Waals surface area contributed by atoms with Crippen LogP contribution in [0.2, 0.25) is 0 Å². The van der Waals surface area contributed by atoms with Gasteiger partial charge >= 0.3 is 0 Å². The zero-order valence-corrected chi connectivity index (χ0v) is 15.1. The van der Waals surface area contributed by atoms with Crippen LogP contribution >= 0.6 is 0 Å². The Kier molecular flexibility index (Phi) is 4.47. The normalized spacial score (nSPS) is 17.7. The fraction of sp³-hybridized carbons (Fsp3) is 0.333. The quantitative estimate of drug-likeness (QED) is 0.833. The fourth-order valence-corrected chi connectivity index (χ4v) is 3.96. The highest BCUT2D eigenvalue weighted by Crippen LogP contribution is 2.24. The predicted octanol–water partition coefficient (Wildman–Crippen LogP) is 1.56. The molecule has 5 heteroatoms. The Balaban J connectivity index is 1.48. The van der Waals surface area contributed by atoms with Crippen LogP contribution in [-0.2, 0) is 6.54 Å². The lowest BCUT2D eigenvalue weighted by Crippen LogP contribution is -3.09. The molecule has 2 aromatic carbocycles. The van der Waals surface area contributed by atoms with Gasteiger partial charge in [0, 0.05) is 24.3 Å². The molecule has 1 unspecified atom stereocenters. The predicted molar refractivity (Wildman–Crippen MR) is 100 cm³/mol. The molecule has 1 saturated heterocycles. The van der Waals surface area contributed by atoms with Crippen LogP contribution in [0.15, 0.2) is 48.5 Å². The van der Waals surface area contributed by atoms with Gasteiger partial charge < -0.3 is 9.80 Å². The van der Waals surface area contributed by atoms with Crippen LogP contribution in [0.4, 0.5) is 5.69 Å². The summed E-state index contributed by atoms with van der Waals surface area (Å²) in [5.41, 5.74) is 3.58. The number of carbonyl (C=O) groups excluding carboxylic acids is 2. The summed E-state index contributed by atoms with van der Waals surface area (Å²) in [5, 5.41) is 0. The van der Waals surface area contributed by atoms with Gasteiger partial charge in [-0.05, 0) is 31.0 Å². The number of rotatable bonds is 5. The SMILES string of the molecule is C[NH+](Cc1ccccc1N1CCCC1)CN1C(=O)c2ccccc2C1=O. The largest absolute Gasteiger partial charge is 0.371 e. The van der Waals surface area contributed by atoms with E-state index in [1.165, 1.54) is 29.0 Å². The van der Waals surface area contributed by atoms with Crippen LogP contribution in [0.3, 0.4) is 0 Å². The Morgan fingerprint density at radius 3 is 2.12 bits per heavy atom. The number of amides is 2. The molecule has 0 aromatic heterocycles. The number of fused-ring (bicyclic) bond motifs is 1. The Morgan fingerprint density at radius 2 is 1.46 bits per heavy atom. The number of hydrogen-bond donors (Lipinski definition) is 1. The van der Waals surface area contributed by atoms with E-state index in [1.54, 1.807) is 24.3 Å². The molecule has 1 fully saturated rings. The van der Waals surface area contributed by atoms with Crippen LogP contribution in [0.25, 0.3) is 0 Å². The van der Waals surface area contributed by atoms with Gasteiger partial charge in [0.05, 0.1) is 18.2 Å². The third-order valence-electron chi connectivity index (χ3n) is 5.24. The summed E-state index contributed by atoms with van der Waals surface area (Å²) in [6.45, 7) is 3.36. The monoisotopic (exact) mass is 350 g/mol. The minimum absolute atomic E-state index is 0.183. The number of para-hydroxylation sites is 1. The molecule has 0 bridgehead atoms. The van der Waals surface area contributed by atoms with E-state index in [-0.39, 0.29) is 11.8 Å². The van der Waals surface area contributed by atoms with Crippen molar-refractivity contribution in [2.24, 2.45) is 0 Å². The second kappa shape index (κ2) is 6.92. The summed E-state index contributed by atoms with van der Waals surface area (Å²) < 4.78 is 0. The summed E-state index contributed by atoms with van der Waals surface area (Å²) in [6.07, 6.45) is 2.48. The molecule has 0 saturated carbocycles. The highest BCUT2D eigenvalue weighted by atomic mass is 16.2. The number of nitrogens with one attached hydrogen (secondary N) is 1. The number of carbonyl (C=O) groups is 2. The first kappa shape index (κ1) is 16.8. The number of nitrogens with zero attached hydrogens (tertiary/aromatic N) is 2. The van der Waals surface area contributed by atoms with E-state index < -0.39 is 0 Å². The van der Waals surface area contributed by atoms with Crippen molar-refractivity contribution in [2.75, 3.05) is 31.7 Å². The number of imide groups is 1. The van der Waals surface area contributed by atoms with Crippen molar-refractivity contribution in [3.8, 4) is 0 Å². The van der Waals surface area contributed by atoms with Gasteiger partial charge in [-0.15, -0.1) is 0 Å². The third kappa shape index (κ3) is 2.99. The van der Waals surface area contributed by atoms with Gasteiger partial charge in [0.1, 0.15) is 6.54 Å². The Bertz CT molecular complexity index is 808. The Labute approximate surface area is 153 Å². The van der Waals surface area contributed by atoms with Gasteiger partial charge in [-0.25, -0.2) is 4.90 Å². The third-order valence-corrected chi connectivity index (χ3v) is 5.24. The van der Waals surface area contributed by atoms with Crippen molar-refractivity contribution >= 4 is 17.5 Å². The van der Waals surface area contributed by atoms with Crippen molar-refractivity contribution in [2.45, 2.75) is 19.4 Å². The minimum atomic E-state index is -0.183. The molecular weight excluding hydrogens is 326 g/mol. The van der Waals surface area contributed by atoms with Crippen LogP contribution in [0.5, 0.6) is 0 Å². The Morgan fingerprint density at radius 1 is 0.885 bits per heavy atom. The molecule has 1 N–H and O–H groups in total. The second-order valence-corrected chi connectivity index (χ2v) is 7.20. The second-order valence-electron chi connectivity index (χ2n) is 7.20. The molecule has 0 radical (unpaired) electrons. The van der Waals surface area contributed by atoms with Crippen molar-refractivity contribution in [1.82, 2.24) is 4.90 Å². The van der Waals surface area contributed by atoms with Gasteiger partial charge in [-0.1, -0.05) is 30.3 Å². The lowest BCUT2D eigenvalue weighted by atomic mass is 10.1. The van der Waals surface area contributed by atoms with Crippen LogP contribution in [0.1, 0.15) is 39.1 Å². The smallest absolute Gasteiger partial charge is 0.265 e. The highest BCUT2D eigenvalue weighted by molar-refractivity contribution is 6.21. The van der Waals surface area contributed by atoms with Gasteiger partial charge in [0.2, 0.25) is 0 Å². The molecule has 2 heterocycles. The number of quaternary nitrogens is 1. The zero-order chi connectivity index (χ0) is 18.1. The molecule has 134 valence electrons. The summed E-state index contributed by atoms with van der Waals surface area (Å²) >= 11 is 0. The number of anilines is 1. The molecule has 2 amide bonds. The Hall–Kier alpha value is -2.66. The van der Waals surface area contributed by atoms with Crippen molar-refractivity contribution in [3.63, 3.8) is 0 Å². The van der Waals surface area contributed by atoms with E-state index in [4.69, 9.17) is 0 Å². The van der Waals surface area contributed by atoms with Crippen molar-refractivity contribution < 1.29 is 14.5 Å². The van der Waals surface area contributed by atoms with Gasteiger partial charge in [0.15, 0.2) is 6.67 Å². The van der Waals surface area contributed by atoms with E-state index in [1.807, 2.05) is 7.05 Å². The topological polar surface area (TPSA) is 45.1 Å². The van der Waals surface area contributed by atoms with Gasteiger partial charge in [0.25, 0.3) is 11.8 Å². The molecule has 1 atom stereocenters. The zero-order valence-electron chi connectivity index (χ0n) is 15.1. The average Bonchev–Trinajstić information content (AvgIpc) is 3.26. The maximum Gasteiger partial charge on any atom is 0.265 e. The summed E-state index contributed by atoms with van der Waals surface area (Å²) in [4.78, 5) is 30.0. The molecule has 0 spiro atoms. The van der Waals surface area contributed by atoms with Crippen molar-refractivity contribution in [3.05, 3.63) is 65.2 Å². The van der Waals surface area contributed by atoms with E-state index in [0.717, 1.165) is 24.5 Å². The molecule has 4 rings (SSSR count). The molecule has 5 nitrogen and oxygen atoms in total. The molecule has 2 aromatic rings.